The molecule has 1 aromatic heterocycles. The van der Waals surface area contributed by atoms with Crippen LogP contribution in [0.25, 0.3) is 0 Å². The minimum absolute atomic E-state index is 0.00997. The monoisotopic (exact) mass is 400 g/mol. The Kier molecular flexibility index (Phi) is 8.04. The molecule has 0 bridgehead atoms. The van der Waals surface area contributed by atoms with Gasteiger partial charge in [0.15, 0.2) is 5.82 Å². The predicted octanol–water partition coefficient (Wildman–Crippen LogP) is 3.31. The van der Waals surface area contributed by atoms with E-state index in [9.17, 15) is 4.79 Å². The van der Waals surface area contributed by atoms with Crippen molar-refractivity contribution in [2.45, 2.75) is 57.9 Å². The lowest BCUT2D eigenvalue weighted by Gasteiger charge is -2.35. The zero-order chi connectivity index (χ0) is 20.5. The van der Waals surface area contributed by atoms with Gasteiger partial charge in [0.25, 0.3) is 0 Å². The Labute approximate surface area is 172 Å². The van der Waals surface area contributed by atoms with Gasteiger partial charge in [-0.25, -0.2) is 0 Å². The summed E-state index contributed by atoms with van der Waals surface area (Å²) in [6.45, 7) is 4.80. The molecule has 7 nitrogen and oxygen atoms in total. The first-order valence-electron chi connectivity index (χ1n) is 10.7. The molecule has 1 aromatic carbocycles. The van der Waals surface area contributed by atoms with Crippen LogP contribution in [0.2, 0.25) is 0 Å². The van der Waals surface area contributed by atoms with E-state index in [1.54, 1.807) is 7.11 Å². The SMILES string of the molecule is CCCc1noc(CCC(=O)NCC(c2ccc(OC)cc2)N2CCCCC2)n1. The molecule has 0 saturated carbocycles. The fraction of sp³-hybridized carbons (Fsp3) is 0.591. The van der Waals surface area contributed by atoms with Gasteiger partial charge in [0.1, 0.15) is 5.75 Å². The number of methoxy groups -OCH3 is 1. The second-order valence-electron chi connectivity index (χ2n) is 7.54. The van der Waals surface area contributed by atoms with E-state index in [1.165, 1.54) is 24.8 Å². The topological polar surface area (TPSA) is 80.5 Å². The third-order valence-corrected chi connectivity index (χ3v) is 5.37. The van der Waals surface area contributed by atoms with Gasteiger partial charge >= 0.3 is 0 Å². The van der Waals surface area contributed by atoms with E-state index in [2.05, 4.69) is 39.4 Å². The number of ether oxygens (including phenoxy) is 1. The lowest BCUT2D eigenvalue weighted by atomic mass is 10.0. The molecule has 1 aliphatic rings. The quantitative estimate of drug-likeness (QED) is 0.659. The number of carbonyl (C=O) groups excluding carboxylic acids is 1. The van der Waals surface area contributed by atoms with Gasteiger partial charge in [-0.1, -0.05) is 30.6 Å². The fourth-order valence-corrected chi connectivity index (χ4v) is 3.75. The van der Waals surface area contributed by atoms with E-state index in [0.717, 1.165) is 31.7 Å². The van der Waals surface area contributed by atoms with E-state index < -0.39 is 0 Å². The van der Waals surface area contributed by atoms with Crippen LogP contribution in [-0.2, 0) is 17.6 Å². The van der Waals surface area contributed by atoms with Crippen LogP contribution in [-0.4, -0.2) is 47.7 Å². The van der Waals surface area contributed by atoms with Gasteiger partial charge in [0.05, 0.1) is 13.2 Å². The van der Waals surface area contributed by atoms with Crippen LogP contribution in [0.1, 0.15) is 62.3 Å². The molecule has 1 fully saturated rings. The maximum atomic E-state index is 12.4. The number of hydrogen-bond acceptors (Lipinski definition) is 6. The number of amides is 1. The molecule has 0 spiro atoms. The second-order valence-corrected chi connectivity index (χ2v) is 7.54. The molecule has 1 unspecified atom stereocenters. The summed E-state index contributed by atoms with van der Waals surface area (Å²) in [5, 5.41) is 7.05. The first-order valence-corrected chi connectivity index (χ1v) is 10.7. The van der Waals surface area contributed by atoms with Crippen LogP contribution in [0.15, 0.2) is 28.8 Å². The lowest BCUT2D eigenvalue weighted by Crippen LogP contribution is -2.40. The van der Waals surface area contributed by atoms with Crippen molar-refractivity contribution in [3.63, 3.8) is 0 Å². The van der Waals surface area contributed by atoms with Crippen molar-refractivity contribution in [2.24, 2.45) is 0 Å². The number of likely N-dealkylation sites (tertiary alicyclic amines) is 1. The Morgan fingerprint density at radius 1 is 1.21 bits per heavy atom. The van der Waals surface area contributed by atoms with Gasteiger partial charge in [-0.05, 0) is 50.0 Å². The Balaban J connectivity index is 1.55. The summed E-state index contributed by atoms with van der Waals surface area (Å²) in [5.41, 5.74) is 1.20. The number of nitrogens with one attached hydrogen (secondary N) is 1. The maximum absolute atomic E-state index is 12.4. The maximum Gasteiger partial charge on any atom is 0.227 e. The van der Waals surface area contributed by atoms with Crippen molar-refractivity contribution in [3.05, 3.63) is 41.5 Å². The third kappa shape index (κ3) is 6.29. The van der Waals surface area contributed by atoms with Crippen molar-refractivity contribution < 1.29 is 14.1 Å². The van der Waals surface area contributed by atoms with Crippen molar-refractivity contribution >= 4 is 5.91 Å². The Bertz CT molecular complexity index is 754. The molecule has 0 radical (unpaired) electrons. The van der Waals surface area contributed by atoms with E-state index in [1.807, 2.05) is 12.1 Å². The zero-order valence-electron chi connectivity index (χ0n) is 17.5. The van der Waals surface area contributed by atoms with Crippen molar-refractivity contribution in [3.8, 4) is 5.75 Å². The highest BCUT2D eigenvalue weighted by Gasteiger charge is 2.23. The average molecular weight is 401 g/mol. The molecule has 2 aromatic rings. The number of carbonyl (C=O) groups is 1. The minimum atomic E-state index is 0.00997. The molecule has 1 N–H and O–H groups in total. The zero-order valence-corrected chi connectivity index (χ0v) is 17.5. The van der Waals surface area contributed by atoms with E-state index in [0.29, 0.717) is 31.1 Å². The highest BCUT2D eigenvalue weighted by Crippen LogP contribution is 2.26. The van der Waals surface area contributed by atoms with Crippen molar-refractivity contribution in [1.29, 1.82) is 0 Å². The molecular weight excluding hydrogens is 368 g/mol. The second kappa shape index (κ2) is 11.0. The molecule has 1 atom stereocenters. The summed E-state index contributed by atoms with van der Waals surface area (Å²) in [7, 11) is 1.67. The summed E-state index contributed by atoms with van der Waals surface area (Å²) in [6.07, 6.45) is 6.29. The van der Waals surface area contributed by atoms with Gasteiger partial charge in [-0.2, -0.15) is 4.98 Å². The largest absolute Gasteiger partial charge is 0.497 e. The number of piperidine rings is 1. The van der Waals surface area contributed by atoms with Gasteiger partial charge < -0.3 is 14.6 Å². The molecule has 1 aliphatic heterocycles. The summed E-state index contributed by atoms with van der Waals surface area (Å²) in [6, 6.07) is 8.33. The van der Waals surface area contributed by atoms with Crippen LogP contribution >= 0.6 is 0 Å². The highest BCUT2D eigenvalue weighted by molar-refractivity contribution is 5.76. The smallest absolute Gasteiger partial charge is 0.227 e. The predicted molar refractivity (Wildman–Crippen MR) is 111 cm³/mol. The highest BCUT2D eigenvalue weighted by atomic mass is 16.5. The van der Waals surface area contributed by atoms with Gasteiger partial charge in [-0.3, -0.25) is 9.69 Å². The number of benzene rings is 1. The molecule has 2 heterocycles. The molecule has 7 heteroatoms. The van der Waals surface area contributed by atoms with E-state index >= 15 is 0 Å². The summed E-state index contributed by atoms with van der Waals surface area (Å²) < 4.78 is 10.5. The first-order chi connectivity index (χ1) is 14.2. The fourth-order valence-electron chi connectivity index (χ4n) is 3.75. The van der Waals surface area contributed by atoms with Crippen LogP contribution in [0.5, 0.6) is 5.75 Å². The molecule has 3 rings (SSSR count). The van der Waals surface area contributed by atoms with Crippen molar-refractivity contribution in [2.75, 3.05) is 26.7 Å². The lowest BCUT2D eigenvalue weighted by molar-refractivity contribution is -0.121. The Morgan fingerprint density at radius 2 is 1.97 bits per heavy atom. The Hall–Kier alpha value is -2.41. The normalized spacial score (nSPS) is 15.8. The van der Waals surface area contributed by atoms with Crippen molar-refractivity contribution in [1.82, 2.24) is 20.4 Å². The van der Waals surface area contributed by atoms with Crippen LogP contribution in [0.4, 0.5) is 0 Å². The summed E-state index contributed by atoms with van der Waals surface area (Å²) in [4.78, 5) is 19.2. The van der Waals surface area contributed by atoms with Gasteiger partial charge in [-0.15, -0.1) is 0 Å². The summed E-state index contributed by atoms with van der Waals surface area (Å²) >= 11 is 0. The standard InChI is InChI=1S/C22H32N4O3/c1-3-7-20-24-22(29-25-20)13-12-21(27)23-16-19(26-14-5-4-6-15-26)17-8-10-18(28-2)11-9-17/h8-11,19H,3-7,12-16H2,1-2H3,(H,23,27). The molecular formula is C22H32N4O3. The van der Waals surface area contributed by atoms with E-state index in [-0.39, 0.29) is 11.9 Å². The molecule has 0 aliphatic carbocycles. The molecule has 1 amide bonds. The third-order valence-electron chi connectivity index (χ3n) is 5.37. The average Bonchev–Trinajstić information content (AvgIpc) is 3.21. The number of aryl methyl sites for hydroxylation is 2. The number of aromatic nitrogens is 2. The number of hydrogen-bond donors (Lipinski definition) is 1. The van der Waals surface area contributed by atoms with Gasteiger partial charge in [0.2, 0.25) is 11.8 Å². The molecule has 29 heavy (non-hydrogen) atoms. The number of rotatable bonds is 10. The van der Waals surface area contributed by atoms with E-state index in [4.69, 9.17) is 9.26 Å². The van der Waals surface area contributed by atoms with Gasteiger partial charge in [0, 0.05) is 25.8 Å². The first kappa shape index (κ1) is 21.3. The van der Waals surface area contributed by atoms with Crippen LogP contribution in [0.3, 0.4) is 0 Å². The molecule has 158 valence electrons. The summed E-state index contributed by atoms with van der Waals surface area (Å²) in [5.74, 6) is 2.10. The minimum Gasteiger partial charge on any atom is -0.497 e. The van der Waals surface area contributed by atoms with Crippen LogP contribution in [0, 0.1) is 0 Å². The molecule has 1 saturated heterocycles. The van der Waals surface area contributed by atoms with Crippen LogP contribution < -0.4 is 10.1 Å². The number of nitrogens with zero attached hydrogens (tertiary/aromatic N) is 3. The Morgan fingerprint density at radius 3 is 2.66 bits per heavy atom.